The zero-order chi connectivity index (χ0) is 53.0. The van der Waals surface area contributed by atoms with Gasteiger partial charge >= 0.3 is 12.1 Å². The number of nitrogens with zero attached hydrogens (tertiary/aromatic N) is 4. The van der Waals surface area contributed by atoms with Crippen LogP contribution in [-0.2, 0) is 52.8 Å². The van der Waals surface area contributed by atoms with Gasteiger partial charge in [-0.2, -0.15) is 0 Å². The van der Waals surface area contributed by atoms with E-state index in [9.17, 15) is 38.9 Å². The minimum absolute atomic E-state index is 0.00926. The molecule has 3 aromatic rings. The number of nitrogens with one attached hydrogen (secondary N) is 3. The Bertz CT molecular complexity index is 2380. The number of carbonyl (C=O) groups is 6. The van der Waals surface area contributed by atoms with Crippen LogP contribution < -0.4 is 25.4 Å². The number of amides is 4. The summed E-state index contributed by atoms with van der Waals surface area (Å²) in [4.78, 5) is 102. The number of benzene rings is 2. The first-order chi connectivity index (χ1) is 35.0. The molecule has 0 aliphatic carbocycles. The summed E-state index contributed by atoms with van der Waals surface area (Å²) in [5.74, 6) is -3.06. The average molecular weight is 1030 g/mol. The van der Waals surface area contributed by atoms with E-state index in [4.69, 9.17) is 28.7 Å². The van der Waals surface area contributed by atoms with Crippen LogP contribution in [0.15, 0.2) is 60.0 Å². The summed E-state index contributed by atoms with van der Waals surface area (Å²) in [7, 11) is 3.24. The van der Waals surface area contributed by atoms with E-state index < -0.39 is 77.1 Å². The molecule has 4 amide bonds. The topological polar surface area (TPSA) is 247 Å². The SMILES string of the molecule is CC[C@H](C)[C@H](NC(=O)[C@@H]1CCCCN1C)C(=O)N1CC(=O)NCCOC(=O)OCc2cc(OC)c(cc2[N+](=O)[O-])OC/C=C\COC(=O)[C@@H](C)C[C@H](Cc2ccccc2)NC(=O)c2csc(n2)CC[C@@H]1C(C)C. The highest BCUT2D eigenvalue weighted by Crippen LogP contribution is 2.35. The number of rotatable bonds is 10. The number of thiazole rings is 1. The van der Waals surface area contributed by atoms with Crippen molar-refractivity contribution in [3.63, 3.8) is 0 Å². The third-order valence-corrected chi connectivity index (χ3v) is 14.0. The molecule has 1 fully saturated rings. The lowest BCUT2D eigenvalue weighted by molar-refractivity contribution is -0.385. The van der Waals surface area contributed by atoms with Gasteiger partial charge in [-0.3, -0.25) is 39.0 Å². The summed E-state index contributed by atoms with van der Waals surface area (Å²) in [6.45, 7) is 8.61. The van der Waals surface area contributed by atoms with Gasteiger partial charge in [0.05, 0.1) is 53.7 Å². The molecule has 21 heteroatoms. The van der Waals surface area contributed by atoms with Crippen molar-refractivity contribution in [1.82, 2.24) is 30.7 Å². The van der Waals surface area contributed by atoms with E-state index in [1.165, 1.54) is 29.4 Å². The Morgan fingerprint density at radius 3 is 2.44 bits per heavy atom. The zero-order valence-corrected chi connectivity index (χ0v) is 43.7. The fourth-order valence-corrected chi connectivity index (χ4v) is 9.60. The Morgan fingerprint density at radius 2 is 1.75 bits per heavy atom. The van der Waals surface area contributed by atoms with Crippen molar-refractivity contribution >= 4 is 52.8 Å². The molecule has 20 nitrogen and oxygen atoms in total. The summed E-state index contributed by atoms with van der Waals surface area (Å²) in [6, 6.07) is 9.67. The van der Waals surface area contributed by atoms with Crippen LogP contribution in [0.5, 0.6) is 11.5 Å². The van der Waals surface area contributed by atoms with E-state index in [0.717, 1.165) is 31.0 Å². The highest BCUT2D eigenvalue weighted by atomic mass is 32.1. The number of ether oxygens (including phenoxy) is 5. The van der Waals surface area contributed by atoms with Crippen LogP contribution in [0.3, 0.4) is 0 Å². The Hall–Kier alpha value is -6.61. The number of nitro benzene ring substituents is 1. The average Bonchev–Trinajstić information content (AvgIpc) is 3.85. The third-order valence-electron chi connectivity index (χ3n) is 13.1. The number of piperidine rings is 1. The Kier molecular flexibility index (Phi) is 22.4. The molecular weight excluding hydrogens is 963 g/mol. The molecule has 4 bridgehead atoms. The number of likely N-dealkylation sites (tertiary alicyclic amines) is 1. The molecule has 3 aliphatic heterocycles. The number of likely N-dealkylation sites (N-methyl/N-ethyl adjacent to an activating group) is 1. The molecule has 1 aromatic heterocycles. The maximum atomic E-state index is 15.0. The van der Waals surface area contributed by atoms with Gasteiger partial charge in [0.2, 0.25) is 17.7 Å². The number of nitro groups is 1. The molecule has 0 unspecified atom stereocenters. The van der Waals surface area contributed by atoms with Gasteiger partial charge in [0.15, 0.2) is 11.5 Å². The minimum Gasteiger partial charge on any atom is -0.493 e. The lowest BCUT2D eigenvalue weighted by Gasteiger charge is -2.39. The molecule has 0 radical (unpaired) electrons. The fraction of sp³-hybridized carbons (Fsp3) is 0.558. The van der Waals surface area contributed by atoms with Gasteiger partial charge in [-0.15, -0.1) is 11.3 Å². The first kappa shape index (κ1) is 57.3. The van der Waals surface area contributed by atoms with Gasteiger partial charge in [0.25, 0.3) is 11.6 Å². The summed E-state index contributed by atoms with van der Waals surface area (Å²) in [5, 5.41) is 23.3. The first-order valence-corrected chi connectivity index (χ1v) is 25.8. The maximum absolute atomic E-state index is 15.0. The molecule has 6 atom stereocenters. The normalized spacial score (nSPS) is 22.1. The largest absolute Gasteiger partial charge is 0.508 e. The standard InChI is InChI=1S/C52H71N7O13S/c1-8-34(4)47(56-49(62)41-18-12-13-22-57(41)6)50(63)58-30-45(60)53-21-25-71-52(65)72-31-37-28-43(68-7)44(29-42(37)59(66)67)69-23-14-15-24-70-51(64)35(5)26-38(27-36-16-10-9-11-17-36)54-48(61)39-32-73-46(55-39)20-19-40(58)33(2)3/h9-11,14-17,28-29,32-35,38,40-41,47H,8,12-13,18-27,30-31H2,1-7H3,(H,53,60)(H,54,61)(H,56,62)/b15-14-/t34-,35-,38+,40+,41-,47-/m0/s1. The molecule has 73 heavy (non-hydrogen) atoms. The predicted molar refractivity (Wildman–Crippen MR) is 272 cm³/mol. The summed E-state index contributed by atoms with van der Waals surface area (Å²) in [6.07, 6.45) is 6.46. The van der Waals surface area contributed by atoms with Crippen LogP contribution in [0.4, 0.5) is 10.5 Å². The first-order valence-electron chi connectivity index (χ1n) is 25.0. The molecule has 0 spiro atoms. The number of esters is 1. The van der Waals surface area contributed by atoms with Gasteiger partial charge in [-0.25, -0.2) is 9.78 Å². The number of carbonyl (C=O) groups excluding carboxylic acids is 6. The summed E-state index contributed by atoms with van der Waals surface area (Å²) < 4.78 is 27.1. The molecule has 6 rings (SSSR count). The van der Waals surface area contributed by atoms with Crippen molar-refractivity contribution < 1.29 is 57.4 Å². The summed E-state index contributed by atoms with van der Waals surface area (Å²) >= 11 is 1.30. The van der Waals surface area contributed by atoms with Gasteiger partial charge in [0, 0.05) is 23.9 Å². The maximum Gasteiger partial charge on any atom is 0.508 e. The number of methoxy groups -OCH3 is 1. The summed E-state index contributed by atoms with van der Waals surface area (Å²) in [5.41, 5.74) is 0.726. The van der Waals surface area contributed by atoms with Crippen molar-refractivity contribution in [3.05, 3.63) is 91.9 Å². The Balaban J connectivity index is 1.43. The van der Waals surface area contributed by atoms with Crippen molar-refractivity contribution in [2.45, 2.75) is 117 Å². The van der Waals surface area contributed by atoms with E-state index in [1.54, 1.807) is 24.5 Å². The Morgan fingerprint density at radius 1 is 1.01 bits per heavy atom. The molecule has 2 aromatic carbocycles. The second-order valence-electron chi connectivity index (χ2n) is 18.8. The van der Waals surface area contributed by atoms with Crippen LogP contribution in [0, 0.1) is 27.9 Å². The lowest BCUT2D eigenvalue weighted by Crippen LogP contribution is -2.60. The number of hydrogen-bond donors (Lipinski definition) is 3. The smallest absolute Gasteiger partial charge is 0.493 e. The number of fused-ring (bicyclic) bond motifs is 24. The van der Waals surface area contributed by atoms with Gasteiger partial charge < -0.3 is 44.5 Å². The number of aryl methyl sites for hydroxylation is 1. The van der Waals surface area contributed by atoms with Crippen LogP contribution in [0.2, 0.25) is 0 Å². The number of hydrogen-bond acceptors (Lipinski definition) is 16. The highest BCUT2D eigenvalue weighted by molar-refractivity contribution is 7.09. The van der Waals surface area contributed by atoms with E-state index in [2.05, 4.69) is 16.0 Å². The van der Waals surface area contributed by atoms with Crippen molar-refractivity contribution in [2.75, 3.05) is 53.6 Å². The minimum atomic E-state index is -1.16. The predicted octanol–water partition coefficient (Wildman–Crippen LogP) is 6.19. The van der Waals surface area contributed by atoms with E-state index in [1.807, 2.05) is 70.0 Å². The van der Waals surface area contributed by atoms with Crippen molar-refractivity contribution in [1.29, 1.82) is 0 Å². The van der Waals surface area contributed by atoms with E-state index in [-0.39, 0.29) is 79.8 Å². The van der Waals surface area contributed by atoms with Gasteiger partial charge in [-0.1, -0.05) is 77.8 Å². The molecule has 3 N–H and O–H groups in total. The fourth-order valence-electron chi connectivity index (χ4n) is 8.81. The molecule has 4 heterocycles. The van der Waals surface area contributed by atoms with Crippen LogP contribution in [-0.4, -0.2) is 133 Å². The second-order valence-corrected chi connectivity index (χ2v) is 19.8. The quantitative estimate of drug-likeness (QED) is 0.0674. The van der Waals surface area contributed by atoms with E-state index in [0.29, 0.717) is 37.1 Å². The molecule has 398 valence electrons. The zero-order valence-electron chi connectivity index (χ0n) is 42.9. The number of aromatic nitrogens is 1. The van der Waals surface area contributed by atoms with Crippen LogP contribution in [0.25, 0.3) is 0 Å². The van der Waals surface area contributed by atoms with Gasteiger partial charge in [0.1, 0.15) is 38.2 Å². The Labute approximate surface area is 431 Å². The lowest BCUT2D eigenvalue weighted by atomic mass is 9.92. The third kappa shape index (κ3) is 17.3. The second kappa shape index (κ2) is 28.6. The van der Waals surface area contributed by atoms with E-state index >= 15 is 0 Å². The van der Waals surface area contributed by atoms with Crippen LogP contribution in [0.1, 0.15) is 99.8 Å². The van der Waals surface area contributed by atoms with Crippen molar-refractivity contribution in [3.8, 4) is 11.5 Å². The molecule has 3 aliphatic rings. The highest BCUT2D eigenvalue weighted by Gasteiger charge is 2.38. The monoisotopic (exact) mass is 1030 g/mol. The molecule has 1 saturated heterocycles. The van der Waals surface area contributed by atoms with Gasteiger partial charge in [-0.05, 0) is 81.3 Å². The van der Waals surface area contributed by atoms with Crippen LogP contribution >= 0.6 is 11.3 Å². The molecular formula is C52H71N7O13S. The molecule has 0 saturated carbocycles. The van der Waals surface area contributed by atoms with Crippen molar-refractivity contribution in [2.24, 2.45) is 17.8 Å².